The minimum Gasteiger partial charge on any atom is -0.481 e. The Morgan fingerprint density at radius 2 is 2.00 bits per heavy atom. The number of hydrogen-bond acceptors (Lipinski definition) is 3. The van der Waals surface area contributed by atoms with Gasteiger partial charge in [-0.2, -0.15) is 0 Å². The molecule has 2 rings (SSSR count). The molecule has 16 heavy (non-hydrogen) atoms. The molecule has 0 bridgehead atoms. The zero-order chi connectivity index (χ0) is 11.8. The summed E-state index contributed by atoms with van der Waals surface area (Å²) in [6.45, 7) is 0. The molecule has 0 atom stereocenters. The molecule has 2 aliphatic carbocycles. The Kier molecular flexibility index (Phi) is 2.96. The maximum absolute atomic E-state index is 11.8. The molecule has 0 aromatic carbocycles. The molecule has 0 heterocycles. The van der Waals surface area contributed by atoms with E-state index in [-0.39, 0.29) is 12.2 Å². The zero-order valence-corrected chi connectivity index (χ0v) is 9.92. The number of carboxylic acid groups (broad SMARTS) is 1. The minimum absolute atomic E-state index is 0.100. The van der Waals surface area contributed by atoms with Gasteiger partial charge in [0.15, 0.2) is 0 Å². The Labute approximate surface area is 95.3 Å². The van der Waals surface area contributed by atoms with Crippen LogP contribution in [0.2, 0.25) is 0 Å². The summed E-state index contributed by atoms with van der Waals surface area (Å²) in [6, 6.07) is 0. The van der Waals surface area contributed by atoms with Gasteiger partial charge in [-0.25, -0.2) is 13.1 Å². The Morgan fingerprint density at radius 3 is 2.38 bits per heavy atom. The van der Waals surface area contributed by atoms with Crippen molar-refractivity contribution in [3.05, 3.63) is 0 Å². The normalized spacial score (nSPS) is 23.8. The highest BCUT2D eigenvalue weighted by molar-refractivity contribution is 7.89. The average molecular weight is 247 g/mol. The highest BCUT2D eigenvalue weighted by atomic mass is 32.2. The van der Waals surface area contributed by atoms with E-state index in [1.165, 1.54) is 0 Å². The second kappa shape index (κ2) is 4.00. The van der Waals surface area contributed by atoms with Gasteiger partial charge in [0.25, 0.3) is 0 Å². The van der Waals surface area contributed by atoms with E-state index in [1.54, 1.807) is 0 Å². The van der Waals surface area contributed by atoms with Gasteiger partial charge in [0.2, 0.25) is 10.0 Å². The third kappa shape index (κ3) is 2.95. The maximum atomic E-state index is 11.8. The SMILES string of the molecule is O=C(O)CC1(NS(=O)(=O)CC2CC2)CCC1. The number of nitrogens with one attached hydrogen (secondary N) is 1. The van der Waals surface area contributed by atoms with Gasteiger partial charge in [0.1, 0.15) is 0 Å². The van der Waals surface area contributed by atoms with Crippen LogP contribution in [0.15, 0.2) is 0 Å². The molecule has 5 nitrogen and oxygen atoms in total. The molecule has 0 aromatic heterocycles. The number of rotatable bonds is 6. The molecular formula is C10H17NO4S. The fourth-order valence-corrected chi connectivity index (χ4v) is 4.15. The van der Waals surface area contributed by atoms with Gasteiger partial charge in [0, 0.05) is 5.54 Å². The van der Waals surface area contributed by atoms with Crippen LogP contribution < -0.4 is 4.72 Å². The Hall–Kier alpha value is -0.620. The third-order valence-electron chi connectivity index (χ3n) is 3.32. The van der Waals surface area contributed by atoms with Gasteiger partial charge < -0.3 is 5.11 Å². The Balaban J connectivity index is 1.97. The number of carbonyl (C=O) groups is 1. The highest BCUT2D eigenvalue weighted by Crippen LogP contribution is 2.37. The Morgan fingerprint density at radius 1 is 1.38 bits per heavy atom. The van der Waals surface area contributed by atoms with E-state index in [2.05, 4.69) is 4.72 Å². The van der Waals surface area contributed by atoms with E-state index >= 15 is 0 Å². The first-order valence-electron chi connectivity index (χ1n) is 5.64. The lowest BCUT2D eigenvalue weighted by atomic mass is 9.75. The summed E-state index contributed by atoms with van der Waals surface area (Å²) in [4.78, 5) is 10.7. The van der Waals surface area contributed by atoms with Crippen molar-refractivity contribution >= 4 is 16.0 Å². The van der Waals surface area contributed by atoms with E-state index in [0.29, 0.717) is 18.8 Å². The van der Waals surface area contributed by atoms with Crippen molar-refractivity contribution < 1.29 is 18.3 Å². The van der Waals surface area contributed by atoms with Gasteiger partial charge in [-0.3, -0.25) is 4.79 Å². The molecule has 2 fully saturated rings. The Bertz CT molecular complexity index is 382. The van der Waals surface area contributed by atoms with E-state index < -0.39 is 21.5 Å². The number of carboxylic acids is 1. The number of aliphatic carboxylic acids is 1. The fourth-order valence-electron chi connectivity index (χ4n) is 2.17. The number of hydrogen-bond donors (Lipinski definition) is 2. The summed E-state index contributed by atoms with van der Waals surface area (Å²) in [5, 5.41) is 8.77. The van der Waals surface area contributed by atoms with Crippen molar-refractivity contribution in [2.45, 2.75) is 44.1 Å². The molecule has 0 aliphatic heterocycles. The van der Waals surface area contributed by atoms with Crippen molar-refractivity contribution in [2.24, 2.45) is 5.92 Å². The van der Waals surface area contributed by atoms with Crippen molar-refractivity contribution in [3.8, 4) is 0 Å². The van der Waals surface area contributed by atoms with Crippen molar-refractivity contribution in [1.82, 2.24) is 4.72 Å². The van der Waals surface area contributed by atoms with Crippen molar-refractivity contribution in [1.29, 1.82) is 0 Å². The van der Waals surface area contributed by atoms with Crippen LogP contribution >= 0.6 is 0 Å². The van der Waals surface area contributed by atoms with Crippen molar-refractivity contribution in [3.63, 3.8) is 0 Å². The van der Waals surface area contributed by atoms with Gasteiger partial charge in [0.05, 0.1) is 12.2 Å². The second-order valence-corrected chi connectivity index (χ2v) is 6.80. The summed E-state index contributed by atoms with van der Waals surface area (Å²) in [5.41, 5.74) is -0.695. The van der Waals surface area contributed by atoms with Crippen LogP contribution in [0.3, 0.4) is 0 Å². The van der Waals surface area contributed by atoms with Crippen LogP contribution in [0.25, 0.3) is 0 Å². The predicted octanol–water partition coefficient (Wildman–Crippen LogP) is 0.713. The summed E-state index contributed by atoms with van der Waals surface area (Å²) < 4.78 is 26.1. The van der Waals surface area contributed by atoms with Gasteiger partial charge >= 0.3 is 5.97 Å². The molecule has 0 amide bonds. The molecule has 0 radical (unpaired) electrons. The largest absolute Gasteiger partial charge is 0.481 e. The fraction of sp³-hybridized carbons (Fsp3) is 0.900. The van der Waals surface area contributed by atoms with E-state index in [4.69, 9.17) is 5.11 Å². The molecule has 0 aromatic rings. The monoisotopic (exact) mass is 247 g/mol. The maximum Gasteiger partial charge on any atom is 0.305 e. The summed E-state index contributed by atoms with van der Waals surface area (Å²) in [5.74, 6) is -0.484. The van der Waals surface area contributed by atoms with E-state index in [1.807, 2.05) is 0 Å². The smallest absolute Gasteiger partial charge is 0.305 e. The number of sulfonamides is 1. The summed E-state index contributed by atoms with van der Waals surface area (Å²) in [7, 11) is -3.30. The molecule has 6 heteroatoms. The van der Waals surface area contributed by atoms with E-state index in [9.17, 15) is 13.2 Å². The van der Waals surface area contributed by atoms with Crippen molar-refractivity contribution in [2.75, 3.05) is 5.75 Å². The van der Waals surface area contributed by atoms with Gasteiger partial charge in [-0.15, -0.1) is 0 Å². The quantitative estimate of drug-likeness (QED) is 0.724. The molecule has 0 unspecified atom stereocenters. The molecule has 92 valence electrons. The van der Waals surface area contributed by atoms with Crippen LogP contribution in [-0.4, -0.2) is 30.8 Å². The van der Waals surface area contributed by atoms with Crippen LogP contribution in [0.1, 0.15) is 38.5 Å². The van der Waals surface area contributed by atoms with E-state index in [0.717, 1.165) is 19.3 Å². The van der Waals surface area contributed by atoms with Gasteiger partial charge in [-0.1, -0.05) is 0 Å². The lowest BCUT2D eigenvalue weighted by Crippen LogP contribution is -2.55. The first kappa shape index (κ1) is 11.9. The van der Waals surface area contributed by atoms with Gasteiger partial charge in [-0.05, 0) is 38.0 Å². The van der Waals surface area contributed by atoms with Crippen LogP contribution in [0.4, 0.5) is 0 Å². The summed E-state index contributed by atoms with van der Waals surface area (Å²) in [6.07, 6.45) is 4.04. The first-order valence-corrected chi connectivity index (χ1v) is 7.30. The average Bonchev–Trinajstić information content (AvgIpc) is 2.81. The molecule has 2 saturated carbocycles. The summed E-state index contributed by atoms with van der Waals surface area (Å²) >= 11 is 0. The highest BCUT2D eigenvalue weighted by Gasteiger charge is 2.43. The standard InChI is InChI=1S/C10H17NO4S/c12-9(13)6-10(4-1-5-10)11-16(14,15)7-8-2-3-8/h8,11H,1-7H2,(H,12,13). The molecule has 0 saturated heterocycles. The first-order chi connectivity index (χ1) is 7.41. The molecule has 2 aliphatic rings. The van der Waals surface area contributed by atoms with Crippen LogP contribution in [0, 0.1) is 5.92 Å². The van der Waals surface area contributed by atoms with Crippen LogP contribution in [-0.2, 0) is 14.8 Å². The lowest BCUT2D eigenvalue weighted by molar-refractivity contribution is -0.139. The zero-order valence-electron chi connectivity index (χ0n) is 9.11. The predicted molar refractivity (Wildman–Crippen MR) is 58.5 cm³/mol. The molecule has 2 N–H and O–H groups in total. The molecule has 0 spiro atoms. The lowest BCUT2D eigenvalue weighted by Gasteiger charge is -2.41. The van der Waals surface area contributed by atoms with Crippen LogP contribution in [0.5, 0.6) is 0 Å². The minimum atomic E-state index is -3.30. The second-order valence-electron chi connectivity index (χ2n) is 5.03. The third-order valence-corrected chi connectivity index (χ3v) is 4.98. The topological polar surface area (TPSA) is 83.5 Å². The molecular weight excluding hydrogens is 230 g/mol.